The number of carbonyl (C=O) groups excluding carboxylic acids is 1. The van der Waals surface area contributed by atoms with Crippen LogP contribution in [-0.2, 0) is 14.8 Å². The van der Waals surface area contributed by atoms with Gasteiger partial charge in [-0.15, -0.1) is 0 Å². The van der Waals surface area contributed by atoms with Crippen molar-refractivity contribution in [2.45, 2.75) is 31.6 Å². The summed E-state index contributed by atoms with van der Waals surface area (Å²) in [6.07, 6.45) is 0. The molecule has 1 amide bonds. The van der Waals surface area contributed by atoms with Gasteiger partial charge in [0.1, 0.15) is 5.82 Å². The summed E-state index contributed by atoms with van der Waals surface area (Å²) in [5, 5.41) is 0. The van der Waals surface area contributed by atoms with E-state index in [-0.39, 0.29) is 23.9 Å². The zero-order valence-electron chi connectivity index (χ0n) is 15.1. The Morgan fingerprint density at radius 1 is 1.08 bits per heavy atom. The van der Waals surface area contributed by atoms with Crippen LogP contribution >= 0.6 is 0 Å². The smallest absolute Gasteiger partial charge is 0.240 e. The highest BCUT2D eigenvalue weighted by Crippen LogP contribution is 2.18. The van der Waals surface area contributed by atoms with Crippen LogP contribution in [0, 0.1) is 5.82 Å². The first kappa shape index (κ1) is 20.1. The normalized spacial score (nSPS) is 11.6. The van der Waals surface area contributed by atoms with Gasteiger partial charge >= 0.3 is 0 Å². The van der Waals surface area contributed by atoms with Gasteiger partial charge in [-0.05, 0) is 47.9 Å². The number of nitrogens with one attached hydrogen (secondary N) is 1. The second kappa shape index (κ2) is 8.42. The van der Waals surface area contributed by atoms with Gasteiger partial charge in [-0.3, -0.25) is 4.79 Å². The molecule has 0 aliphatic heterocycles. The van der Waals surface area contributed by atoms with Crippen LogP contribution in [-0.4, -0.2) is 27.4 Å². The Morgan fingerprint density at radius 3 is 2.15 bits per heavy atom. The molecule has 0 aliphatic rings. The third-order valence-electron chi connectivity index (χ3n) is 4.00. The lowest BCUT2D eigenvalue weighted by molar-refractivity contribution is -0.116. The lowest BCUT2D eigenvalue weighted by Crippen LogP contribution is -2.37. The zero-order valence-corrected chi connectivity index (χ0v) is 15.9. The molecule has 0 heterocycles. The Balaban J connectivity index is 2.03. The number of nitrogens with zero attached hydrogens (tertiary/aromatic N) is 1. The Labute approximate surface area is 153 Å². The summed E-state index contributed by atoms with van der Waals surface area (Å²) in [6, 6.07) is 12.2. The summed E-state index contributed by atoms with van der Waals surface area (Å²) >= 11 is 0. The lowest BCUT2D eigenvalue weighted by atomic mass is 10.0. The van der Waals surface area contributed by atoms with E-state index in [0.717, 1.165) is 5.56 Å². The molecule has 0 fully saturated rings. The molecule has 0 unspecified atom stereocenters. The highest BCUT2D eigenvalue weighted by atomic mass is 32.2. The first-order valence-electron chi connectivity index (χ1n) is 8.34. The molecular weight excluding hydrogens is 355 g/mol. The SMILES string of the molecule is CC(=O)N(CCNS(=O)(=O)c1ccc(C(C)C)cc1)c1ccc(F)cc1. The standard InChI is InChI=1S/C19H23FN2O3S/c1-14(2)16-4-10-19(11-5-16)26(24,25)21-12-13-22(15(3)23)18-8-6-17(20)7-9-18/h4-11,14,21H,12-13H2,1-3H3. The third kappa shape index (κ3) is 5.12. The molecule has 0 saturated carbocycles. The average Bonchev–Trinajstić information content (AvgIpc) is 2.59. The minimum atomic E-state index is -3.66. The number of amides is 1. The zero-order chi connectivity index (χ0) is 19.3. The first-order valence-corrected chi connectivity index (χ1v) is 9.82. The molecule has 7 heteroatoms. The van der Waals surface area contributed by atoms with Crippen LogP contribution in [0.3, 0.4) is 0 Å². The van der Waals surface area contributed by atoms with E-state index < -0.39 is 15.8 Å². The Bertz CT molecular complexity index is 847. The van der Waals surface area contributed by atoms with E-state index >= 15 is 0 Å². The van der Waals surface area contributed by atoms with Crippen LogP contribution in [0.4, 0.5) is 10.1 Å². The number of sulfonamides is 1. The van der Waals surface area contributed by atoms with Crippen molar-refractivity contribution in [3.05, 3.63) is 59.9 Å². The predicted molar refractivity (Wildman–Crippen MR) is 100 cm³/mol. The molecule has 2 aromatic carbocycles. The fraction of sp³-hybridized carbons (Fsp3) is 0.316. The number of anilines is 1. The van der Waals surface area contributed by atoms with Crippen LogP contribution in [0.15, 0.2) is 53.4 Å². The molecule has 0 spiro atoms. The van der Waals surface area contributed by atoms with E-state index in [9.17, 15) is 17.6 Å². The van der Waals surface area contributed by atoms with Gasteiger partial charge in [0, 0.05) is 25.7 Å². The summed E-state index contributed by atoms with van der Waals surface area (Å²) in [5.74, 6) is -0.334. The van der Waals surface area contributed by atoms with Crippen LogP contribution in [0.2, 0.25) is 0 Å². The largest absolute Gasteiger partial charge is 0.311 e. The monoisotopic (exact) mass is 378 g/mol. The van der Waals surface area contributed by atoms with Gasteiger partial charge in [0.2, 0.25) is 15.9 Å². The number of halogens is 1. The molecule has 140 valence electrons. The van der Waals surface area contributed by atoms with Gasteiger partial charge in [-0.25, -0.2) is 17.5 Å². The van der Waals surface area contributed by atoms with Gasteiger partial charge in [0.05, 0.1) is 4.90 Å². The van der Waals surface area contributed by atoms with Crippen molar-refractivity contribution < 1.29 is 17.6 Å². The number of hydrogen-bond donors (Lipinski definition) is 1. The summed E-state index contributed by atoms with van der Waals surface area (Å²) in [5.41, 5.74) is 1.57. The molecule has 5 nitrogen and oxygen atoms in total. The molecule has 0 aliphatic carbocycles. The van der Waals surface area contributed by atoms with Crippen molar-refractivity contribution >= 4 is 21.6 Å². The van der Waals surface area contributed by atoms with Crippen LogP contribution in [0.1, 0.15) is 32.3 Å². The van der Waals surface area contributed by atoms with Crippen molar-refractivity contribution in [1.29, 1.82) is 0 Å². The predicted octanol–water partition coefficient (Wildman–Crippen LogP) is 3.28. The maximum absolute atomic E-state index is 13.0. The van der Waals surface area contributed by atoms with Crippen molar-refractivity contribution in [2.24, 2.45) is 0 Å². The minimum Gasteiger partial charge on any atom is -0.311 e. The summed E-state index contributed by atoms with van der Waals surface area (Å²) < 4.78 is 40.3. The van der Waals surface area contributed by atoms with Gasteiger partial charge in [0.25, 0.3) is 0 Å². The summed E-state index contributed by atoms with van der Waals surface area (Å²) in [6.45, 7) is 5.64. The van der Waals surface area contributed by atoms with Gasteiger partial charge in [-0.1, -0.05) is 26.0 Å². The molecule has 0 saturated heterocycles. The average molecular weight is 378 g/mol. The van der Waals surface area contributed by atoms with Crippen molar-refractivity contribution in [3.63, 3.8) is 0 Å². The first-order chi connectivity index (χ1) is 12.2. The highest BCUT2D eigenvalue weighted by molar-refractivity contribution is 7.89. The maximum atomic E-state index is 13.0. The lowest BCUT2D eigenvalue weighted by Gasteiger charge is -2.21. The van der Waals surface area contributed by atoms with Crippen molar-refractivity contribution in [2.75, 3.05) is 18.0 Å². The highest BCUT2D eigenvalue weighted by Gasteiger charge is 2.16. The number of hydrogen-bond acceptors (Lipinski definition) is 3. The molecule has 2 rings (SSSR count). The van der Waals surface area contributed by atoms with Crippen LogP contribution in [0.25, 0.3) is 0 Å². The Kier molecular flexibility index (Phi) is 6.50. The van der Waals surface area contributed by atoms with Crippen molar-refractivity contribution in [3.8, 4) is 0 Å². The summed E-state index contributed by atoms with van der Waals surface area (Å²) in [7, 11) is -3.66. The molecule has 0 atom stereocenters. The third-order valence-corrected chi connectivity index (χ3v) is 5.48. The van der Waals surface area contributed by atoms with E-state index in [1.54, 1.807) is 24.3 Å². The molecule has 0 radical (unpaired) electrons. The fourth-order valence-electron chi connectivity index (χ4n) is 2.50. The van der Waals surface area contributed by atoms with E-state index in [1.807, 2.05) is 13.8 Å². The second-order valence-corrected chi connectivity index (χ2v) is 8.04. The topological polar surface area (TPSA) is 66.5 Å². The Hall–Kier alpha value is -2.25. The van der Waals surface area contributed by atoms with Crippen LogP contribution < -0.4 is 9.62 Å². The van der Waals surface area contributed by atoms with Crippen LogP contribution in [0.5, 0.6) is 0 Å². The molecule has 26 heavy (non-hydrogen) atoms. The maximum Gasteiger partial charge on any atom is 0.240 e. The molecule has 1 N–H and O–H groups in total. The van der Waals surface area contributed by atoms with E-state index in [2.05, 4.69) is 4.72 Å². The summed E-state index contributed by atoms with van der Waals surface area (Å²) in [4.78, 5) is 13.4. The van der Waals surface area contributed by atoms with E-state index in [0.29, 0.717) is 11.6 Å². The number of benzene rings is 2. The number of rotatable bonds is 7. The quantitative estimate of drug-likeness (QED) is 0.804. The van der Waals surface area contributed by atoms with Gasteiger partial charge < -0.3 is 4.90 Å². The minimum absolute atomic E-state index is 0.0468. The molecular formula is C19H23FN2O3S. The van der Waals surface area contributed by atoms with Crippen molar-refractivity contribution in [1.82, 2.24) is 4.72 Å². The van der Waals surface area contributed by atoms with Gasteiger partial charge in [-0.2, -0.15) is 0 Å². The van der Waals surface area contributed by atoms with E-state index in [1.165, 1.54) is 36.1 Å². The molecule has 0 aromatic heterocycles. The fourth-order valence-corrected chi connectivity index (χ4v) is 3.52. The van der Waals surface area contributed by atoms with Gasteiger partial charge in [0.15, 0.2) is 0 Å². The Morgan fingerprint density at radius 2 is 1.65 bits per heavy atom. The molecule has 2 aromatic rings. The number of carbonyl (C=O) groups is 1. The van der Waals surface area contributed by atoms with E-state index in [4.69, 9.17) is 0 Å². The second-order valence-electron chi connectivity index (χ2n) is 6.27. The molecule has 0 bridgehead atoms.